The van der Waals surface area contributed by atoms with Gasteiger partial charge in [0.1, 0.15) is 12.4 Å². The first-order chi connectivity index (χ1) is 8.36. The third kappa shape index (κ3) is 4.27. The number of hydrogen-bond donors (Lipinski definition) is 0. The Balaban J connectivity index is 0.000000686. The maximum atomic E-state index is 5.68. The quantitative estimate of drug-likeness (QED) is 0.793. The first-order valence-electron chi connectivity index (χ1n) is 5.93. The lowest BCUT2D eigenvalue weighted by Gasteiger charge is -2.07. The lowest BCUT2D eigenvalue weighted by molar-refractivity contribution is 0.303. The highest BCUT2D eigenvalue weighted by atomic mass is 16.5. The minimum absolute atomic E-state index is 0.603. The molecule has 2 nitrogen and oxygen atoms in total. The van der Waals surface area contributed by atoms with Crippen molar-refractivity contribution in [1.82, 2.24) is 4.98 Å². The number of aromatic nitrogens is 1. The molecule has 17 heavy (non-hydrogen) atoms. The highest BCUT2D eigenvalue weighted by Crippen LogP contribution is 2.16. The summed E-state index contributed by atoms with van der Waals surface area (Å²) in [5.41, 5.74) is 2.24. The van der Waals surface area contributed by atoms with E-state index in [1.165, 1.54) is 5.56 Å². The molecule has 0 atom stereocenters. The van der Waals surface area contributed by atoms with Gasteiger partial charge in [0.25, 0.3) is 0 Å². The summed E-state index contributed by atoms with van der Waals surface area (Å²) in [6.45, 7) is 6.60. The summed E-state index contributed by atoms with van der Waals surface area (Å²) in [7, 11) is 0. The van der Waals surface area contributed by atoms with Crippen molar-refractivity contribution in [2.75, 3.05) is 0 Å². The molecular formula is C15H19NO. The molecule has 1 heterocycles. The minimum Gasteiger partial charge on any atom is -0.489 e. The number of nitrogens with zero attached hydrogens (tertiary/aromatic N) is 1. The van der Waals surface area contributed by atoms with Crippen molar-refractivity contribution in [2.24, 2.45) is 0 Å². The van der Waals surface area contributed by atoms with Crippen molar-refractivity contribution in [3.8, 4) is 5.75 Å². The van der Waals surface area contributed by atoms with Gasteiger partial charge >= 0.3 is 0 Å². The van der Waals surface area contributed by atoms with E-state index in [1.807, 2.05) is 45.0 Å². The second kappa shape index (κ2) is 7.44. The minimum atomic E-state index is 0.603. The van der Waals surface area contributed by atoms with E-state index in [0.717, 1.165) is 11.3 Å². The highest BCUT2D eigenvalue weighted by Gasteiger charge is 1.98. The molecule has 0 bridgehead atoms. The third-order valence-electron chi connectivity index (χ3n) is 2.21. The van der Waals surface area contributed by atoms with Gasteiger partial charge in [0.15, 0.2) is 0 Å². The molecule has 0 aliphatic rings. The van der Waals surface area contributed by atoms with Gasteiger partial charge in [-0.1, -0.05) is 44.2 Å². The first-order valence-corrected chi connectivity index (χ1v) is 5.93. The van der Waals surface area contributed by atoms with E-state index >= 15 is 0 Å². The Morgan fingerprint density at radius 2 is 1.76 bits per heavy atom. The Morgan fingerprint density at radius 1 is 1.06 bits per heavy atom. The van der Waals surface area contributed by atoms with Gasteiger partial charge in [0.05, 0.1) is 0 Å². The van der Waals surface area contributed by atoms with E-state index < -0.39 is 0 Å². The lowest BCUT2D eigenvalue weighted by atomic mass is 10.2. The SMILES string of the molecule is CC.Cc1cnccc1OCc1ccccc1. The van der Waals surface area contributed by atoms with Crippen LogP contribution < -0.4 is 4.74 Å². The molecule has 2 aromatic rings. The van der Waals surface area contributed by atoms with Gasteiger partial charge in [0, 0.05) is 18.0 Å². The summed E-state index contributed by atoms with van der Waals surface area (Å²) in [4.78, 5) is 4.02. The van der Waals surface area contributed by atoms with Crippen molar-refractivity contribution in [3.63, 3.8) is 0 Å². The van der Waals surface area contributed by atoms with Gasteiger partial charge in [-0.25, -0.2) is 0 Å². The Hall–Kier alpha value is -1.83. The van der Waals surface area contributed by atoms with Crippen molar-refractivity contribution in [2.45, 2.75) is 27.4 Å². The number of pyridine rings is 1. The second-order valence-corrected chi connectivity index (χ2v) is 3.42. The fourth-order valence-electron chi connectivity index (χ4n) is 1.36. The molecule has 0 aliphatic carbocycles. The fourth-order valence-corrected chi connectivity index (χ4v) is 1.36. The molecule has 90 valence electrons. The second-order valence-electron chi connectivity index (χ2n) is 3.42. The molecule has 0 saturated carbocycles. The van der Waals surface area contributed by atoms with E-state index in [-0.39, 0.29) is 0 Å². The normalized spacial score (nSPS) is 9.12. The van der Waals surface area contributed by atoms with E-state index in [9.17, 15) is 0 Å². The number of ether oxygens (including phenoxy) is 1. The monoisotopic (exact) mass is 229 g/mol. The largest absolute Gasteiger partial charge is 0.489 e. The van der Waals surface area contributed by atoms with Crippen LogP contribution in [-0.2, 0) is 6.61 Å². The number of rotatable bonds is 3. The van der Waals surface area contributed by atoms with Crippen molar-refractivity contribution in [1.29, 1.82) is 0 Å². The summed E-state index contributed by atoms with van der Waals surface area (Å²) in [5.74, 6) is 0.897. The summed E-state index contributed by atoms with van der Waals surface area (Å²) in [6.07, 6.45) is 3.55. The average Bonchev–Trinajstić information content (AvgIpc) is 2.41. The Kier molecular flexibility index (Phi) is 5.80. The summed E-state index contributed by atoms with van der Waals surface area (Å²) < 4.78 is 5.68. The smallest absolute Gasteiger partial charge is 0.125 e. The molecule has 0 radical (unpaired) electrons. The zero-order chi connectivity index (χ0) is 12.5. The van der Waals surface area contributed by atoms with Gasteiger partial charge in [-0.2, -0.15) is 0 Å². The van der Waals surface area contributed by atoms with Crippen LogP contribution >= 0.6 is 0 Å². The molecule has 0 amide bonds. The molecule has 0 fully saturated rings. The molecule has 0 spiro atoms. The van der Waals surface area contributed by atoms with Crippen LogP contribution in [-0.4, -0.2) is 4.98 Å². The molecule has 0 aliphatic heterocycles. The van der Waals surface area contributed by atoms with E-state index in [1.54, 1.807) is 12.4 Å². The van der Waals surface area contributed by atoms with Crippen LogP contribution in [0.25, 0.3) is 0 Å². The predicted molar refractivity (Wildman–Crippen MR) is 71.1 cm³/mol. The van der Waals surface area contributed by atoms with Gasteiger partial charge in [-0.05, 0) is 18.6 Å². The van der Waals surface area contributed by atoms with Crippen LogP contribution in [0.1, 0.15) is 25.0 Å². The van der Waals surface area contributed by atoms with Gasteiger partial charge in [-0.3, -0.25) is 4.98 Å². The molecule has 0 N–H and O–H groups in total. The highest BCUT2D eigenvalue weighted by molar-refractivity contribution is 5.28. The zero-order valence-corrected chi connectivity index (χ0v) is 10.7. The summed E-state index contributed by atoms with van der Waals surface area (Å²) in [6, 6.07) is 12.0. The summed E-state index contributed by atoms with van der Waals surface area (Å²) >= 11 is 0. The maximum Gasteiger partial charge on any atom is 0.125 e. The number of hydrogen-bond acceptors (Lipinski definition) is 2. The van der Waals surface area contributed by atoms with Gasteiger partial charge < -0.3 is 4.74 Å². The van der Waals surface area contributed by atoms with Gasteiger partial charge in [0.2, 0.25) is 0 Å². The fraction of sp³-hybridized carbons (Fsp3) is 0.267. The van der Waals surface area contributed by atoms with Crippen molar-refractivity contribution >= 4 is 0 Å². The molecule has 0 saturated heterocycles. The maximum absolute atomic E-state index is 5.68. The zero-order valence-electron chi connectivity index (χ0n) is 10.7. The van der Waals surface area contributed by atoms with Crippen molar-refractivity contribution in [3.05, 3.63) is 59.9 Å². The number of benzene rings is 1. The molecule has 2 heteroatoms. The Bertz CT molecular complexity index is 426. The Labute approximate surface area is 103 Å². The Morgan fingerprint density at radius 3 is 2.41 bits per heavy atom. The third-order valence-corrected chi connectivity index (χ3v) is 2.21. The van der Waals surface area contributed by atoms with Crippen LogP contribution in [0, 0.1) is 6.92 Å². The van der Waals surface area contributed by atoms with E-state index in [2.05, 4.69) is 17.1 Å². The van der Waals surface area contributed by atoms with Crippen LogP contribution in [0.2, 0.25) is 0 Å². The molecule has 0 unspecified atom stereocenters. The molecule has 1 aromatic carbocycles. The first kappa shape index (κ1) is 13.2. The van der Waals surface area contributed by atoms with Gasteiger partial charge in [-0.15, -0.1) is 0 Å². The number of aryl methyl sites for hydroxylation is 1. The molecular weight excluding hydrogens is 210 g/mol. The molecule has 2 rings (SSSR count). The lowest BCUT2D eigenvalue weighted by Crippen LogP contribution is -1.96. The van der Waals surface area contributed by atoms with Crippen LogP contribution in [0.4, 0.5) is 0 Å². The van der Waals surface area contributed by atoms with Crippen molar-refractivity contribution < 1.29 is 4.74 Å². The van der Waals surface area contributed by atoms with E-state index in [4.69, 9.17) is 4.74 Å². The average molecular weight is 229 g/mol. The topological polar surface area (TPSA) is 22.1 Å². The predicted octanol–water partition coefficient (Wildman–Crippen LogP) is 4.00. The summed E-state index contributed by atoms with van der Waals surface area (Å²) in [5, 5.41) is 0. The molecule has 1 aromatic heterocycles. The van der Waals surface area contributed by atoms with Crippen LogP contribution in [0.3, 0.4) is 0 Å². The van der Waals surface area contributed by atoms with Crippen LogP contribution in [0.15, 0.2) is 48.8 Å². The van der Waals surface area contributed by atoms with E-state index in [0.29, 0.717) is 6.61 Å². The standard InChI is InChI=1S/C13H13NO.C2H6/c1-11-9-14-8-7-13(11)15-10-12-5-3-2-4-6-12;1-2/h2-9H,10H2,1H3;1-2H3. The van der Waals surface area contributed by atoms with Crippen LogP contribution in [0.5, 0.6) is 5.75 Å².